The summed E-state index contributed by atoms with van der Waals surface area (Å²) in [5.74, 6) is 0.648. The number of halogens is 1. The fourth-order valence-electron chi connectivity index (χ4n) is 4.71. The van der Waals surface area contributed by atoms with E-state index < -0.39 is 0 Å². The van der Waals surface area contributed by atoms with Crippen molar-refractivity contribution in [2.24, 2.45) is 10.9 Å². The second-order valence-electron chi connectivity index (χ2n) is 11.0. The fraction of sp³-hybridized carbons (Fsp3) is 0.543. The van der Waals surface area contributed by atoms with Crippen LogP contribution in [0, 0.1) is 18.7 Å². The van der Waals surface area contributed by atoms with Crippen LogP contribution in [0.15, 0.2) is 59.7 Å². The van der Waals surface area contributed by atoms with Gasteiger partial charge in [-0.2, -0.15) is 5.10 Å². The van der Waals surface area contributed by atoms with E-state index in [0.717, 1.165) is 48.2 Å². The lowest BCUT2D eigenvalue weighted by Crippen LogP contribution is -2.32. The minimum atomic E-state index is -0.243. The van der Waals surface area contributed by atoms with E-state index in [2.05, 4.69) is 73.1 Å². The third kappa shape index (κ3) is 13.0. The lowest BCUT2D eigenvalue weighted by molar-refractivity contribution is 0.185. The van der Waals surface area contributed by atoms with Gasteiger partial charge in [-0.25, -0.2) is 9.07 Å². The summed E-state index contributed by atoms with van der Waals surface area (Å²) in [6.07, 6.45) is 14.3. The molecule has 1 N–H and O–H groups in total. The summed E-state index contributed by atoms with van der Waals surface area (Å²) >= 11 is 0. The number of hydrogen-bond acceptors (Lipinski definition) is 4. The number of rotatable bonds is 11. The molecule has 0 radical (unpaired) electrons. The second kappa shape index (κ2) is 20.0. The highest BCUT2D eigenvalue weighted by Crippen LogP contribution is 2.27. The van der Waals surface area contributed by atoms with Gasteiger partial charge in [0, 0.05) is 31.2 Å². The van der Waals surface area contributed by atoms with Crippen LogP contribution in [0.4, 0.5) is 15.8 Å². The van der Waals surface area contributed by atoms with Gasteiger partial charge in [0.2, 0.25) is 0 Å². The lowest BCUT2D eigenvalue weighted by Gasteiger charge is -2.30. The summed E-state index contributed by atoms with van der Waals surface area (Å²) in [4.78, 5) is 7.17. The van der Waals surface area contributed by atoms with Crippen LogP contribution in [-0.4, -0.2) is 40.5 Å². The molecule has 0 saturated carbocycles. The minimum Gasteiger partial charge on any atom is -0.384 e. The number of benzene rings is 2. The Morgan fingerprint density at radius 2 is 1.71 bits per heavy atom. The zero-order valence-electron chi connectivity index (χ0n) is 26.5. The predicted molar refractivity (Wildman–Crippen MR) is 175 cm³/mol. The number of aromatic nitrogens is 2. The monoisotopic (exact) mass is 563 g/mol. The van der Waals surface area contributed by atoms with Gasteiger partial charge >= 0.3 is 0 Å². The van der Waals surface area contributed by atoms with Gasteiger partial charge < -0.3 is 5.32 Å². The highest BCUT2D eigenvalue weighted by Gasteiger charge is 2.16. The molecule has 4 rings (SSSR count). The van der Waals surface area contributed by atoms with Gasteiger partial charge in [0.05, 0.1) is 17.1 Å². The Balaban J connectivity index is 0.000000249. The van der Waals surface area contributed by atoms with Gasteiger partial charge in [-0.3, -0.25) is 9.89 Å². The smallest absolute Gasteiger partial charge is 0.125 e. The van der Waals surface area contributed by atoms with Crippen molar-refractivity contribution in [3.05, 3.63) is 71.8 Å². The van der Waals surface area contributed by atoms with E-state index >= 15 is 0 Å². The maximum Gasteiger partial charge on any atom is 0.125 e. The summed E-state index contributed by atoms with van der Waals surface area (Å²) in [6.45, 7) is 17.5. The SMILES string of the molecule is CCC=Nc1cc(CN2CCC(C)CC2)ccc1NCC.CCCCCCC.Cc1ccnn1-c1cccc(F)c1. The largest absolute Gasteiger partial charge is 0.384 e. The first-order valence-corrected chi connectivity index (χ1v) is 15.8. The molecule has 1 aliphatic rings. The van der Waals surface area contributed by atoms with E-state index in [-0.39, 0.29) is 5.82 Å². The van der Waals surface area contributed by atoms with Crippen LogP contribution in [0.25, 0.3) is 5.69 Å². The van der Waals surface area contributed by atoms with Gasteiger partial charge in [0.1, 0.15) is 5.82 Å². The van der Waals surface area contributed by atoms with Crippen molar-refractivity contribution >= 4 is 17.6 Å². The van der Waals surface area contributed by atoms with Crippen molar-refractivity contribution < 1.29 is 4.39 Å². The molecule has 2 aromatic carbocycles. The highest BCUT2D eigenvalue weighted by atomic mass is 19.1. The van der Waals surface area contributed by atoms with E-state index in [9.17, 15) is 4.39 Å². The molecule has 2 heterocycles. The Hall–Kier alpha value is -2.99. The predicted octanol–water partition coefficient (Wildman–Crippen LogP) is 9.76. The van der Waals surface area contributed by atoms with Crippen molar-refractivity contribution in [3.8, 4) is 5.69 Å². The van der Waals surface area contributed by atoms with Gasteiger partial charge in [-0.05, 0) is 94.1 Å². The van der Waals surface area contributed by atoms with E-state index in [1.807, 2.05) is 25.3 Å². The van der Waals surface area contributed by atoms with Crippen LogP contribution < -0.4 is 5.32 Å². The Kier molecular flexibility index (Phi) is 16.7. The average Bonchev–Trinajstić information content (AvgIpc) is 3.41. The number of aryl methyl sites for hydroxylation is 1. The topological polar surface area (TPSA) is 45.4 Å². The standard InChI is InChI=1S/C18H29N3.C10H9FN2.C7H16/c1-4-10-20-18-13-16(6-7-17(18)19-5-2)14-21-11-8-15(3)9-12-21;1-8-5-6-12-13(8)10-4-2-3-9(11)7-10;1-3-5-7-6-4-2/h6-7,10,13,15,19H,4-5,8-9,11-12,14H2,1-3H3;2-7H,1H3;3-7H2,1-2H3. The highest BCUT2D eigenvalue weighted by molar-refractivity contribution is 5.73. The molecule has 5 nitrogen and oxygen atoms in total. The van der Waals surface area contributed by atoms with Crippen molar-refractivity contribution in [1.82, 2.24) is 14.7 Å². The number of nitrogens with one attached hydrogen (secondary N) is 1. The van der Waals surface area contributed by atoms with Crippen LogP contribution in [-0.2, 0) is 6.54 Å². The van der Waals surface area contributed by atoms with E-state index in [1.54, 1.807) is 16.9 Å². The van der Waals surface area contributed by atoms with E-state index in [1.165, 1.54) is 75.7 Å². The number of piperidine rings is 1. The van der Waals surface area contributed by atoms with Crippen molar-refractivity contribution in [2.45, 2.75) is 99.5 Å². The molecule has 41 heavy (non-hydrogen) atoms. The zero-order chi connectivity index (χ0) is 29.9. The van der Waals surface area contributed by atoms with E-state index in [4.69, 9.17) is 0 Å². The van der Waals surface area contributed by atoms with Crippen LogP contribution in [0.1, 0.15) is 97.2 Å². The summed E-state index contributed by atoms with van der Waals surface area (Å²) in [5.41, 5.74) is 5.32. The molecule has 1 aromatic heterocycles. The number of unbranched alkanes of at least 4 members (excludes halogenated alkanes) is 4. The molecule has 3 aromatic rings. The van der Waals surface area contributed by atoms with Crippen molar-refractivity contribution in [1.29, 1.82) is 0 Å². The Labute approximate surface area is 249 Å². The quantitative estimate of drug-likeness (QED) is 0.187. The van der Waals surface area contributed by atoms with Crippen molar-refractivity contribution in [3.63, 3.8) is 0 Å². The number of nitrogens with zero attached hydrogens (tertiary/aromatic N) is 4. The molecule has 0 unspecified atom stereocenters. The maximum absolute atomic E-state index is 12.8. The Morgan fingerprint density at radius 1 is 0.976 bits per heavy atom. The first-order chi connectivity index (χ1) is 19.9. The average molecular weight is 564 g/mol. The minimum absolute atomic E-state index is 0.243. The first kappa shape index (κ1) is 34.2. The molecule has 0 atom stereocenters. The number of hydrogen-bond donors (Lipinski definition) is 1. The number of anilines is 1. The molecular formula is C35H54FN5. The summed E-state index contributed by atoms with van der Waals surface area (Å²) in [5, 5.41) is 7.47. The van der Waals surface area contributed by atoms with Crippen LogP contribution in [0.3, 0.4) is 0 Å². The molecule has 0 amide bonds. The van der Waals surface area contributed by atoms with Crippen LogP contribution >= 0.6 is 0 Å². The number of aliphatic imine (C=N–C) groups is 1. The molecular weight excluding hydrogens is 509 g/mol. The summed E-state index contributed by atoms with van der Waals surface area (Å²) < 4.78 is 14.5. The number of likely N-dealkylation sites (tertiary alicyclic amines) is 1. The molecule has 226 valence electrons. The molecule has 6 heteroatoms. The fourth-order valence-corrected chi connectivity index (χ4v) is 4.71. The van der Waals surface area contributed by atoms with Gasteiger partial charge in [0.25, 0.3) is 0 Å². The third-order valence-corrected chi connectivity index (χ3v) is 7.22. The lowest BCUT2D eigenvalue weighted by atomic mass is 9.99. The van der Waals surface area contributed by atoms with E-state index in [0.29, 0.717) is 0 Å². The Morgan fingerprint density at radius 3 is 2.29 bits per heavy atom. The second-order valence-corrected chi connectivity index (χ2v) is 11.0. The molecule has 0 bridgehead atoms. The Bertz CT molecular complexity index is 1130. The molecule has 1 fully saturated rings. The first-order valence-electron chi connectivity index (χ1n) is 15.8. The zero-order valence-corrected chi connectivity index (χ0v) is 26.5. The summed E-state index contributed by atoms with van der Waals surface area (Å²) in [6, 6.07) is 14.9. The van der Waals surface area contributed by atoms with Crippen LogP contribution in [0.2, 0.25) is 0 Å². The normalized spacial score (nSPS) is 13.8. The molecule has 0 spiro atoms. The molecule has 0 aliphatic carbocycles. The van der Waals surface area contributed by atoms with Crippen LogP contribution in [0.5, 0.6) is 0 Å². The maximum atomic E-state index is 12.8. The van der Waals surface area contributed by atoms with Crippen molar-refractivity contribution in [2.75, 3.05) is 25.0 Å². The molecule has 1 saturated heterocycles. The molecule has 1 aliphatic heterocycles. The van der Waals surface area contributed by atoms with Gasteiger partial charge in [0.15, 0.2) is 0 Å². The van der Waals surface area contributed by atoms with Gasteiger partial charge in [-0.1, -0.05) is 71.9 Å². The van der Waals surface area contributed by atoms with Gasteiger partial charge in [-0.15, -0.1) is 0 Å². The third-order valence-electron chi connectivity index (χ3n) is 7.22. The summed E-state index contributed by atoms with van der Waals surface area (Å²) in [7, 11) is 0.